The Hall–Kier alpha value is -1.13. The van der Waals surface area contributed by atoms with E-state index in [4.69, 9.17) is 11.6 Å². The summed E-state index contributed by atoms with van der Waals surface area (Å²) in [6, 6.07) is 4.47. The Morgan fingerprint density at radius 1 is 1.53 bits per heavy atom. The second-order valence-corrected chi connectivity index (χ2v) is 4.45. The van der Waals surface area contributed by atoms with E-state index >= 15 is 0 Å². The second-order valence-electron chi connectivity index (χ2n) is 4.05. The molecule has 1 heterocycles. The highest BCUT2D eigenvalue weighted by atomic mass is 35.5. The molecule has 0 radical (unpaired) electrons. The highest BCUT2D eigenvalue weighted by molar-refractivity contribution is 6.31. The molecule has 1 aromatic rings. The van der Waals surface area contributed by atoms with E-state index in [-0.39, 0.29) is 22.7 Å². The van der Waals surface area contributed by atoms with Gasteiger partial charge in [0.2, 0.25) is 5.91 Å². The quantitative estimate of drug-likeness (QED) is 0.880. The second kappa shape index (κ2) is 5.02. The molecule has 0 aliphatic carbocycles. The monoisotopic (exact) mass is 256 g/mol. The van der Waals surface area contributed by atoms with Gasteiger partial charge in [-0.3, -0.25) is 4.79 Å². The van der Waals surface area contributed by atoms with Crippen LogP contribution in [0.4, 0.5) is 10.1 Å². The van der Waals surface area contributed by atoms with Gasteiger partial charge in [-0.05, 0) is 32.0 Å². The van der Waals surface area contributed by atoms with Crippen LogP contribution in [0.2, 0.25) is 5.02 Å². The van der Waals surface area contributed by atoms with Crippen molar-refractivity contribution in [3.05, 3.63) is 29.0 Å². The van der Waals surface area contributed by atoms with Crippen molar-refractivity contribution < 1.29 is 9.18 Å². The number of nitrogens with zero attached hydrogens (tertiary/aromatic N) is 1. The number of nitrogens with one attached hydrogen (secondary N) is 1. The number of hydrogen-bond acceptors (Lipinski definition) is 2. The molecule has 92 valence electrons. The zero-order valence-corrected chi connectivity index (χ0v) is 10.3. The Labute approximate surface area is 105 Å². The molecule has 1 aliphatic rings. The lowest BCUT2D eigenvalue weighted by molar-refractivity contribution is -0.121. The van der Waals surface area contributed by atoms with Crippen molar-refractivity contribution in [2.24, 2.45) is 0 Å². The van der Waals surface area contributed by atoms with Crippen LogP contribution < -0.4 is 10.2 Å². The van der Waals surface area contributed by atoms with E-state index in [1.54, 1.807) is 19.2 Å². The summed E-state index contributed by atoms with van der Waals surface area (Å²) in [5, 5.41) is 2.98. The van der Waals surface area contributed by atoms with Crippen LogP contribution in [0.25, 0.3) is 0 Å². The van der Waals surface area contributed by atoms with Crippen LogP contribution in [0, 0.1) is 5.82 Å². The maximum Gasteiger partial charge on any atom is 0.244 e. The van der Waals surface area contributed by atoms with Gasteiger partial charge in [-0.1, -0.05) is 17.7 Å². The van der Waals surface area contributed by atoms with Crippen LogP contribution in [-0.2, 0) is 4.79 Å². The summed E-state index contributed by atoms with van der Waals surface area (Å²) in [6.07, 6.45) is 1.64. The van der Waals surface area contributed by atoms with Crippen molar-refractivity contribution in [1.82, 2.24) is 5.32 Å². The molecule has 1 amide bonds. The van der Waals surface area contributed by atoms with Gasteiger partial charge >= 0.3 is 0 Å². The highest BCUT2D eigenvalue weighted by Crippen LogP contribution is 2.28. The number of likely N-dealkylation sites (N-methyl/N-ethyl adjacent to an activating group) is 1. The van der Waals surface area contributed by atoms with Crippen LogP contribution in [0.15, 0.2) is 18.2 Å². The Kier molecular flexibility index (Phi) is 3.64. The molecular weight excluding hydrogens is 243 g/mol. The molecule has 0 saturated carbocycles. The number of carbonyl (C=O) groups is 1. The van der Waals surface area contributed by atoms with Crippen molar-refractivity contribution in [2.45, 2.75) is 18.9 Å². The lowest BCUT2D eigenvalue weighted by atomic mass is 10.0. The van der Waals surface area contributed by atoms with E-state index in [0.29, 0.717) is 6.54 Å². The Balaban J connectivity index is 2.33. The normalized spacial score (nSPS) is 20.8. The third-order valence-corrected chi connectivity index (χ3v) is 3.30. The summed E-state index contributed by atoms with van der Waals surface area (Å²) >= 11 is 5.72. The molecule has 0 aromatic heterocycles. The zero-order chi connectivity index (χ0) is 12.4. The fourth-order valence-corrected chi connectivity index (χ4v) is 2.25. The fourth-order valence-electron chi connectivity index (χ4n) is 2.08. The molecule has 1 aliphatic heterocycles. The average molecular weight is 257 g/mol. The molecule has 1 N–H and O–H groups in total. The molecule has 1 aromatic carbocycles. The molecule has 1 saturated heterocycles. The topological polar surface area (TPSA) is 32.3 Å². The van der Waals surface area contributed by atoms with Crippen molar-refractivity contribution in [1.29, 1.82) is 0 Å². The maximum atomic E-state index is 13.8. The van der Waals surface area contributed by atoms with E-state index in [1.165, 1.54) is 11.0 Å². The van der Waals surface area contributed by atoms with Gasteiger partial charge in [0.25, 0.3) is 0 Å². The van der Waals surface area contributed by atoms with Crippen molar-refractivity contribution in [2.75, 3.05) is 18.5 Å². The van der Waals surface area contributed by atoms with Crippen molar-refractivity contribution >= 4 is 23.2 Å². The maximum absolute atomic E-state index is 13.8. The predicted octanol–water partition coefficient (Wildman–Crippen LogP) is 2.19. The minimum atomic E-state index is -0.528. The lowest BCUT2D eigenvalue weighted by Gasteiger charge is -2.32. The van der Waals surface area contributed by atoms with E-state index in [0.717, 1.165) is 12.8 Å². The summed E-state index contributed by atoms with van der Waals surface area (Å²) < 4.78 is 13.8. The van der Waals surface area contributed by atoms with Gasteiger partial charge in [-0.25, -0.2) is 4.39 Å². The number of benzene rings is 1. The van der Waals surface area contributed by atoms with E-state index in [1.807, 2.05) is 0 Å². The van der Waals surface area contributed by atoms with Gasteiger partial charge in [0.05, 0.1) is 16.8 Å². The van der Waals surface area contributed by atoms with Gasteiger partial charge in [0, 0.05) is 6.54 Å². The minimum Gasteiger partial charge on any atom is -0.309 e. The number of amides is 1. The molecule has 5 heteroatoms. The summed E-state index contributed by atoms with van der Waals surface area (Å²) in [4.78, 5) is 13.5. The molecule has 1 atom stereocenters. The third-order valence-electron chi connectivity index (χ3n) is 3.01. The number of carbonyl (C=O) groups excluding carboxylic acids is 1. The molecule has 2 rings (SSSR count). The molecule has 3 nitrogen and oxygen atoms in total. The first-order chi connectivity index (χ1) is 8.15. The zero-order valence-electron chi connectivity index (χ0n) is 9.54. The Bertz CT molecular complexity index is 439. The average Bonchev–Trinajstić information content (AvgIpc) is 2.33. The standard InChI is InChI=1S/C12H14ClFN2O/c1-15-9-5-3-7-16(12(9)17)10-6-2-4-8(13)11(10)14/h2,4,6,9,15H,3,5,7H2,1H3. The van der Waals surface area contributed by atoms with Gasteiger partial charge in [0.15, 0.2) is 5.82 Å². The summed E-state index contributed by atoms with van der Waals surface area (Å²) in [5.41, 5.74) is 0.266. The Morgan fingerprint density at radius 3 is 3.00 bits per heavy atom. The number of halogens is 2. The van der Waals surface area contributed by atoms with Crippen molar-refractivity contribution in [3.8, 4) is 0 Å². The van der Waals surface area contributed by atoms with E-state index in [2.05, 4.69) is 5.32 Å². The fraction of sp³-hybridized carbons (Fsp3) is 0.417. The molecule has 17 heavy (non-hydrogen) atoms. The van der Waals surface area contributed by atoms with Crippen LogP contribution in [0.3, 0.4) is 0 Å². The molecule has 0 bridgehead atoms. The molecule has 1 unspecified atom stereocenters. The minimum absolute atomic E-state index is 0.0434. The highest BCUT2D eigenvalue weighted by Gasteiger charge is 2.30. The van der Waals surface area contributed by atoms with Gasteiger partial charge < -0.3 is 10.2 Å². The summed E-state index contributed by atoms with van der Waals surface area (Å²) in [7, 11) is 1.74. The van der Waals surface area contributed by atoms with Crippen molar-refractivity contribution in [3.63, 3.8) is 0 Å². The number of hydrogen-bond donors (Lipinski definition) is 1. The largest absolute Gasteiger partial charge is 0.309 e. The summed E-state index contributed by atoms with van der Waals surface area (Å²) in [6.45, 7) is 0.536. The number of rotatable bonds is 2. The van der Waals surface area contributed by atoms with E-state index < -0.39 is 5.82 Å². The molecule has 0 spiro atoms. The first-order valence-electron chi connectivity index (χ1n) is 5.58. The van der Waals surface area contributed by atoms with Crippen LogP contribution in [0.1, 0.15) is 12.8 Å². The van der Waals surface area contributed by atoms with Crippen LogP contribution >= 0.6 is 11.6 Å². The summed E-state index contributed by atoms with van der Waals surface area (Å²) in [5.74, 6) is -0.626. The molecular formula is C12H14ClFN2O. The van der Waals surface area contributed by atoms with Gasteiger partial charge in [-0.15, -0.1) is 0 Å². The predicted molar refractivity (Wildman–Crippen MR) is 65.8 cm³/mol. The van der Waals surface area contributed by atoms with Gasteiger partial charge in [-0.2, -0.15) is 0 Å². The smallest absolute Gasteiger partial charge is 0.244 e. The van der Waals surface area contributed by atoms with E-state index in [9.17, 15) is 9.18 Å². The number of piperidine rings is 1. The number of anilines is 1. The SMILES string of the molecule is CNC1CCCN(c2cccc(Cl)c2F)C1=O. The lowest BCUT2D eigenvalue weighted by Crippen LogP contribution is -2.50. The first kappa shape index (κ1) is 12.3. The van der Waals surface area contributed by atoms with Crippen LogP contribution in [0.5, 0.6) is 0 Å². The first-order valence-corrected chi connectivity index (χ1v) is 5.95. The Morgan fingerprint density at radius 2 is 2.29 bits per heavy atom. The van der Waals surface area contributed by atoms with Crippen LogP contribution in [-0.4, -0.2) is 25.5 Å². The molecule has 1 fully saturated rings. The van der Waals surface area contributed by atoms with Gasteiger partial charge in [0.1, 0.15) is 0 Å². The third kappa shape index (κ3) is 2.28.